The Bertz CT molecular complexity index is 743. The maximum Gasteiger partial charge on any atom is 0.326 e. The molecule has 22 heavy (non-hydrogen) atoms. The highest BCUT2D eigenvalue weighted by Gasteiger charge is 2.24. The summed E-state index contributed by atoms with van der Waals surface area (Å²) in [5, 5.41) is 21.8. The number of rotatable bonds is 6. The van der Waals surface area contributed by atoms with Crippen LogP contribution in [0.2, 0.25) is 0 Å². The average Bonchev–Trinajstić information content (AvgIpc) is 3.03. The van der Waals surface area contributed by atoms with Crippen LogP contribution in [0.25, 0.3) is 10.2 Å². The number of thiophene rings is 1. The maximum atomic E-state index is 11.3. The minimum Gasteiger partial charge on any atom is -0.481 e. The number of hydrogen-bond acceptors (Lipinski definition) is 6. The summed E-state index contributed by atoms with van der Waals surface area (Å²) in [6.45, 7) is 0. The van der Waals surface area contributed by atoms with Crippen molar-refractivity contribution in [1.29, 1.82) is 0 Å². The highest BCUT2D eigenvalue weighted by atomic mass is 32.1. The fourth-order valence-corrected chi connectivity index (χ4v) is 3.96. The Kier molecular flexibility index (Phi) is 3.93. The van der Waals surface area contributed by atoms with Crippen molar-refractivity contribution in [2.24, 2.45) is 0 Å². The van der Waals surface area contributed by atoms with Crippen LogP contribution in [-0.2, 0) is 22.4 Å². The summed E-state index contributed by atoms with van der Waals surface area (Å²) in [4.78, 5) is 32.6. The monoisotopic (exact) mass is 321 g/mol. The molecule has 7 nitrogen and oxygen atoms in total. The third-order valence-corrected chi connectivity index (χ3v) is 4.96. The number of anilines is 1. The van der Waals surface area contributed by atoms with Gasteiger partial charge in [-0.3, -0.25) is 4.79 Å². The molecule has 3 rings (SSSR count). The summed E-state index contributed by atoms with van der Waals surface area (Å²) in [5.41, 5.74) is 1.20. The second-order valence-electron chi connectivity index (χ2n) is 5.23. The first-order valence-corrected chi connectivity index (χ1v) is 7.84. The van der Waals surface area contributed by atoms with E-state index < -0.39 is 18.0 Å². The summed E-state index contributed by atoms with van der Waals surface area (Å²) in [6.07, 6.45) is 4.27. The molecule has 0 saturated carbocycles. The highest BCUT2D eigenvalue weighted by molar-refractivity contribution is 7.19. The molecule has 1 aliphatic carbocycles. The van der Waals surface area contributed by atoms with Crippen LogP contribution in [-0.4, -0.2) is 38.2 Å². The van der Waals surface area contributed by atoms with Crippen LogP contribution in [0.15, 0.2) is 6.33 Å². The number of aliphatic carboxylic acids is 2. The number of aromatic nitrogens is 2. The van der Waals surface area contributed by atoms with Crippen LogP contribution in [0.1, 0.15) is 29.7 Å². The molecule has 0 radical (unpaired) electrons. The summed E-state index contributed by atoms with van der Waals surface area (Å²) in [6, 6.07) is -0.980. The fraction of sp³-hybridized carbons (Fsp3) is 0.429. The van der Waals surface area contributed by atoms with Crippen LogP contribution in [0, 0.1) is 0 Å². The zero-order valence-electron chi connectivity index (χ0n) is 11.7. The van der Waals surface area contributed by atoms with Gasteiger partial charge in [-0.15, -0.1) is 11.3 Å². The number of aryl methyl sites for hydroxylation is 2. The van der Waals surface area contributed by atoms with Gasteiger partial charge in [0.25, 0.3) is 0 Å². The molecule has 8 heteroatoms. The Balaban J connectivity index is 1.92. The van der Waals surface area contributed by atoms with Gasteiger partial charge >= 0.3 is 11.9 Å². The first-order chi connectivity index (χ1) is 10.6. The van der Waals surface area contributed by atoms with Crippen molar-refractivity contribution in [2.45, 2.75) is 38.1 Å². The van der Waals surface area contributed by atoms with Gasteiger partial charge in [-0.2, -0.15) is 0 Å². The summed E-state index contributed by atoms with van der Waals surface area (Å²) in [7, 11) is 0. The molecule has 1 aliphatic rings. The third-order valence-electron chi connectivity index (χ3n) is 3.76. The quantitative estimate of drug-likeness (QED) is 0.745. The van der Waals surface area contributed by atoms with Gasteiger partial charge in [0.2, 0.25) is 0 Å². The predicted octanol–water partition coefficient (Wildman–Crippen LogP) is 1.91. The van der Waals surface area contributed by atoms with E-state index in [2.05, 4.69) is 15.3 Å². The zero-order valence-corrected chi connectivity index (χ0v) is 12.5. The van der Waals surface area contributed by atoms with Gasteiger partial charge in [0.1, 0.15) is 23.0 Å². The number of nitrogens with zero attached hydrogens (tertiary/aromatic N) is 2. The molecule has 3 N–H and O–H groups in total. The molecule has 2 heterocycles. The first kappa shape index (κ1) is 14.7. The van der Waals surface area contributed by atoms with Crippen LogP contribution in [0.3, 0.4) is 0 Å². The average molecular weight is 321 g/mol. The molecule has 0 fully saturated rings. The van der Waals surface area contributed by atoms with E-state index in [9.17, 15) is 14.7 Å². The molecule has 116 valence electrons. The van der Waals surface area contributed by atoms with E-state index in [1.165, 1.54) is 16.8 Å². The normalized spacial score (nSPS) is 14.7. The van der Waals surface area contributed by atoms with E-state index >= 15 is 0 Å². The second-order valence-corrected chi connectivity index (χ2v) is 6.31. The second kappa shape index (κ2) is 5.88. The molecule has 2 aromatic rings. The van der Waals surface area contributed by atoms with Crippen molar-refractivity contribution in [1.82, 2.24) is 9.97 Å². The van der Waals surface area contributed by atoms with Gasteiger partial charge in [-0.05, 0) is 31.2 Å². The molecular formula is C14H15N3O4S. The Morgan fingerprint density at radius 1 is 1.32 bits per heavy atom. The van der Waals surface area contributed by atoms with Gasteiger partial charge < -0.3 is 15.5 Å². The number of carboxylic acid groups (broad SMARTS) is 2. The van der Waals surface area contributed by atoms with E-state index in [-0.39, 0.29) is 12.8 Å². The number of nitrogens with one attached hydrogen (secondary N) is 1. The number of hydrogen-bond donors (Lipinski definition) is 3. The van der Waals surface area contributed by atoms with E-state index in [0.29, 0.717) is 5.82 Å². The third kappa shape index (κ3) is 2.74. The molecule has 0 unspecified atom stereocenters. The standard InChI is InChI=1S/C14H15N3O4S/c18-10(19)5-4-8(14(20)21)17-12-11-7-2-1-3-9(7)22-13(11)16-6-15-12/h6,8H,1-5H2,(H,18,19)(H,20,21)(H,15,16,17)/t8-/m0/s1. The molecule has 0 aliphatic heterocycles. The molecule has 0 spiro atoms. The molecule has 0 amide bonds. The zero-order chi connectivity index (χ0) is 15.7. The lowest BCUT2D eigenvalue weighted by Gasteiger charge is -2.15. The molecule has 0 saturated heterocycles. The fourth-order valence-electron chi connectivity index (χ4n) is 2.73. The van der Waals surface area contributed by atoms with Gasteiger partial charge in [0.05, 0.1) is 5.39 Å². The molecule has 2 aromatic heterocycles. The van der Waals surface area contributed by atoms with Crippen LogP contribution in [0.4, 0.5) is 5.82 Å². The van der Waals surface area contributed by atoms with Gasteiger partial charge in [-0.25, -0.2) is 14.8 Å². The Labute approximate surface area is 130 Å². The highest BCUT2D eigenvalue weighted by Crippen LogP contribution is 2.39. The van der Waals surface area contributed by atoms with Crippen LogP contribution < -0.4 is 5.32 Å². The van der Waals surface area contributed by atoms with E-state index in [0.717, 1.165) is 29.5 Å². The topological polar surface area (TPSA) is 112 Å². The van der Waals surface area contributed by atoms with Crippen molar-refractivity contribution in [3.63, 3.8) is 0 Å². The largest absolute Gasteiger partial charge is 0.481 e. The number of carboxylic acids is 2. The van der Waals surface area contributed by atoms with Crippen molar-refractivity contribution in [3.8, 4) is 0 Å². The minimum absolute atomic E-state index is 0.00247. The summed E-state index contributed by atoms with van der Waals surface area (Å²) < 4.78 is 0. The van der Waals surface area contributed by atoms with Crippen molar-refractivity contribution < 1.29 is 19.8 Å². The van der Waals surface area contributed by atoms with Crippen molar-refractivity contribution in [3.05, 3.63) is 16.8 Å². The first-order valence-electron chi connectivity index (χ1n) is 7.02. The SMILES string of the molecule is O=C(O)CC[C@H](Nc1ncnc2sc3c(c12)CCC3)C(=O)O. The lowest BCUT2D eigenvalue weighted by atomic mass is 10.1. The molecule has 0 aromatic carbocycles. The summed E-state index contributed by atoms with van der Waals surface area (Å²) >= 11 is 1.62. The lowest BCUT2D eigenvalue weighted by molar-refractivity contribution is -0.139. The molecule has 1 atom stereocenters. The lowest BCUT2D eigenvalue weighted by Crippen LogP contribution is -2.30. The van der Waals surface area contributed by atoms with Gasteiger partial charge in [0, 0.05) is 11.3 Å². The minimum atomic E-state index is -1.08. The number of fused-ring (bicyclic) bond motifs is 3. The van der Waals surface area contributed by atoms with Gasteiger partial charge in [0.15, 0.2) is 0 Å². The Morgan fingerprint density at radius 2 is 2.14 bits per heavy atom. The predicted molar refractivity (Wildman–Crippen MR) is 81.4 cm³/mol. The van der Waals surface area contributed by atoms with E-state index in [4.69, 9.17) is 5.11 Å². The van der Waals surface area contributed by atoms with Crippen LogP contribution >= 0.6 is 11.3 Å². The molecule has 0 bridgehead atoms. The van der Waals surface area contributed by atoms with Gasteiger partial charge in [-0.1, -0.05) is 0 Å². The maximum absolute atomic E-state index is 11.3. The Hall–Kier alpha value is -2.22. The van der Waals surface area contributed by atoms with Crippen molar-refractivity contribution >= 4 is 39.3 Å². The number of carbonyl (C=O) groups is 2. The smallest absolute Gasteiger partial charge is 0.326 e. The van der Waals surface area contributed by atoms with E-state index in [1.54, 1.807) is 11.3 Å². The van der Waals surface area contributed by atoms with E-state index in [1.807, 2.05) is 0 Å². The Morgan fingerprint density at radius 3 is 2.86 bits per heavy atom. The van der Waals surface area contributed by atoms with Crippen molar-refractivity contribution in [2.75, 3.05) is 5.32 Å². The molecular weight excluding hydrogens is 306 g/mol. The summed E-state index contributed by atoms with van der Waals surface area (Å²) in [5.74, 6) is -1.61. The van der Waals surface area contributed by atoms with Crippen LogP contribution in [0.5, 0.6) is 0 Å².